The van der Waals surface area contributed by atoms with E-state index >= 15 is 0 Å². The fourth-order valence-electron chi connectivity index (χ4n) is 2.21. The minimum Gasteiger partial charge on any atom is -0.462 e. The second-order valence-electron chi connectivity index (χ2n) is 5.38. The molecule has 1 amide bonds. The fourth-order valence-corrected chi connectivity index (χ4v) is 3.25. The molecule has 0 bridgehead atoms. The maximum absolute atomic E-state index is 13.0. The van der Waals surface area contributed by atoms with Crippen LogP contribution in [-0.2, 0) is 9.53 Å². The van der Waals surface area contributed by atoms with Crippen LogP contribution >= 0.6 is 11.3 Å². The highest BCUT2D eigenvalue weighted by atomic mass is 32.1. The Hall–Kier alpha value is -2.98. The highest BCUT2D eigenvalue weighted by molar-refractivity contribution is 7.16. The molecule has 0 spiro atoms. The molecule has 0 saturated heterocycles. The van der Waals surface area contributed by atoms with Crippen LogP contribution in [-0.4, -0.2) is 18.5 Å². The Balaban J connectivity index is 2.31. The standard InChI is InChI=1S/C19H17FN2O3S/c1-4-25-19(24)16-11(2)12(3)26-18(16)22-17(23)14(10-21)9-13-5-7-15(20)8-6-13/h5-9H,4H2,1-3H3,(H,22,23). The van der Waals surface area contributed by atoms with Crippen LogP contribution in [0.2, 0.25) is 0 Å². The molecule has 0 fully saturated rings. The average molecular weight is 372 g/mol. The van der Waals surface area contributed by atoms with Crippen LogP contribution in [0.15, 0.2) is 29.8 Å². The first-order valence-electron chi connectivity index (χ1n) is 7.83. The highest BCUT2D eigenvalue weighted by Gasteiger charge is 2.23. The Bertz CT molecular complexity index is 908. The van der Waals surface area contributed by atoms with Gasteiger partial charge in [-0.2, -0.15) is 5.26 Å². The van der Waals surface area contributed by atoms with Crippen molar-refractivity contribution in [2.24, 2.45) is 0 Å². The number of thiophene rings is 1. The lowest BCUT2D eigenvalue weighted by Gasteiger charge is -2.06. The zero-order valence-corrected chi connectivity index (χ0v) is 15.4. The lowest BCUT2D eigenvalue weighted by molar-refractivity contribution is -0.112. The number of amides is 1. The topological polar surface area (TPSA) is 79.2 Å². The van der Waals surface area contributed by atoms with E-state index in [1.54, 1.807) is 13.8 Å². The summed E-state index contributed by atoms with van der Waals surface area (Å²) in [5, 5.41) is 12.2. The molecule has 1 heterocycles. The van der Waals surface area contributed by atoms with Gasteiger partial charge in [0.1, 0.15) is 22.5 Å². The van der Waals surface area contributed by atoms with E-state index in [9.17, 15) is 19.2 Å². The quantitative estimate of drug-likeness (QED) is 0.484. The number of nitriles is 1. The summed E-state index contributed by atoms with van der Waals surface area (Å²) in [6.07, 6.45) is 1.35. The van der Waals surface area contributed by atoms with Gasteiger partial charge in [-0.3, -0.25) is 4.79 Å². The zero-order chi connectivity index (χ0) is 19.3. The SMILES string of the molecule is CCOC(=O)c1c(NC(=O)C(C#N)=Cc2ccc(F)cc2)sc(C)c1C. The molecule has 2 rings (SSSR count). The van der Waals surface area contributed by atoms with Crippen LogP contribution in [0.25, 0.3) is 6.08 Å². The lowest BCUT2D eigenvalue weighted by atomic mass is 10.1. The largest absolute Gasteiger partial charge is 0.462 e. The van der Waals surface area contributed by atoms with Crippen molar-refractivity contribution in [2.45, 2.75) is 20.8 Å². The fraction of sp³-hybridized carbons (Fsp3) is 0.211. The van der Waals surface area contributed by atoms with Crippen molar-refractivity contribution >= 4 is 34.3 Å². The number of ether oxygens (including phenoxy) is 1. The molecule has 0 unspecified atom stereocenters. The molecule has 0 aliphatic heterocycles. The van der Waals surface area contributed by atoms with E-state index in [0.29, 0.717) is 16.1 Å². The summed E-state index contributed by atoms with van der Waals surface area (Å²) in [6.45, 7) is 5.52. The minimum absolute atomic E-state index is 0.157. The second-order valence-corrected chi connectivity index (χ2v) is 6.61. The van der Waals surface area contributed by atoms with Crippen LogP contribution in [0.3, 0.4) is 0 Å². The summed E-state index contributed by atoms with van der Waals surface area (Å²) in [5.74, 6) is -1.58. The van der Waals surface area contributed by atoms with Crippen molar-refractivity contribution in [1.82, 2.24) is 0 Å². The zero-order valence-electron chi connectivity index (χ0n) is 14.6. The third kappa shape index (κ3) is 4.35. The van der Waals surface area contributed by atoms with Gasteiger partial charge in [0, 0.05) is 4.88 Å². The van der Waals surface area contributed by atoms with Crippen molar-refractivity contribution in [3.8, 4) is 6.07 Å². The van der Waals surface area contributed by atoms with E-state index in [2.05, 4.69) is 5.32 Å². The Morgan fingerprint density at radius 3 is 2.54 bits per heavy atom. The maximum atomic E-state index is 13.0. The molecule has 7 heteroatoms. The van der Waals surface area contributed by atoms with E-state index in [4.69, 9.17) is 4.74 Å². The predicted molar refractivity (Wildman–Crippen MR) is 98.4 cm³/mol. The van der Waals surface area contributed by atoms with Gasteiger partial charge in [-0.05, 0) is 50.1 Å². The number of aryl methyl sites for hydroxylation is 1. The normalized spacial score (nSPS) is 11.0. The monoisotopic (exact) mass is 372 g/mol. The van der Waals surface area contributed by atoms with Crippen LogP contribution in [0.4, 0.5) is 9.39 Å². The van der Waals surface area contributed by atoms with Crippen molar-refractivity contribution in [1.29, 1.82) is 5.26 Å². The van der Waals surface area contributed by atoms with Gasteiger partial charge in [0.05, 0.1) is 12.2 Å². The van der Waals surface area contributed by atoms with Crippen LogP contribution in [0.5, 0.6) is 0 Å². The Morgan fingerprint density at radius 1 is 1.31 bits per heavy atom. The molecule has 26 heavy (non-hydrogen) atoms. The van der Waals surface area contributed by atoms with E-state index in [1.165, 1.54) is 41.7 Å². The number of anilines is 1. The molecule has 0 aliphatic rings. The summed E-state index contributed by atoms with van der Waals surface area (Å²) in [4.78, 5) is 25.5. The molecule has 0 saturated carbocycles. The molecular weight excluding hydrogens is 355 g/mol. The van der Waals surface area contributed by atoms with E-state index < -0.39 is 17.7 Å². The number of carbonyl (C=O) groups excluding carboxylic acids is 2. The average Bonchev–Trinajstić information content (AvgIpc) is 2.88. The molecule has 0 radical (unpaired) electrons. The molecule has 134 valence electrons. The summed E-state index contributed by atoms with van der Waals surface area (Å²) in [7, 11) is 0. The van der Waals surface area contributed by atoms with Gasteiger partial charge in [0.2, 0.25) is 0 Å². The van der Waals surface area contributed by atoms with Crippen molar-refractivity contribution in [3.05, 3.63) is 57.2 Å². The highest BCUT2D eigenvalue weighted by Crippen LogP contribution is 2.33. The molecule has 0 aliphatic carbocycles. The van der Waals surface area contributed by atoms with Gasteiger partial charge >= 0.3 is 5.97 Å². The van der Waals surface area contributed by atoms with Crippen molar-refractivity contribution in [2.75, 3.05) is 11.9 Å². The van der Waals surface area contributed by atoms with Gasteiger partial charge in [0.25, 0.3) is 5.91 Å². The third-order valence-corrected chi connectivity index (χ3v) is 4.76. The Labute approximate surface area is 154 Å². The predicted octanol–water partition coefficient (Wildman–Crippen LogP) is 4.23. The molecule has 1 N–H and O–H groups in total. The third-order valence-electron chi connectivity index (χ3n) is 3.64. The molecular formula is C19H17FN2O3S. The number of esters is 1. The number of benzene rings is 1. The van der Waals surface area contributed by atoms with Gasteiger partial charge in [-0.15, -0.1) is 11.3 Å². The number of hydrogen-bond acceptors (Lipinski definition) is 5. The minimum atomic E-state index is -0.649. The number of nitrogens with one attached hydrogen (secondary N) is 1. The summed E-state index contributed by atoms with van der Waals surface area (Å²) in [6, 6.07) is 7.23. The molecule has 1 aromatic carbocycles. The van der Waals surface area contributed by atoms with E-state index in [-0.39, 0.29) is 12.2 Å². The molecule has 1 aromatic heterocycles. The van der Waals surface area contributed by atoms with Crippen LogP contribution < -0.4 is 5.32 Å². The second kappa shape index (κ2) is 8.41. The van der Waals surface area contributed by atoms with E-state index in [0.717, 1.165) is 10.4 Å². The van der Waals surface area contributed by atoms with Gasteiger partial charge in [-0.25, -0.2) is 9.18 Å². The Kier molecular flexibility index (Phi) is 6.26. The van der Waals surface area contributed by atoms with Gasteiger partial charge in [-0.1, -0.05) is 12.1 Å². The number of rotatable bonds is 5. The molecule has 0 atom stereocenters. The Morgan fingerprint density at radius 2 is 1.96 bits per heavy atom. The number of hydrogen-bond donors (Lipinski definition) is 1. The van der Waals surface area contributed by atoms with Crippen LogP contribution in [0.1, 0.15) is 33.3 Å². The van der Waals surface area contributed by atoms with Crippen molar-refractivity contribution < 1.29 is 18.7 Å². The van der Waals surface area contributed by atoms with Gasteiger partial charge < -0.3 is 10.1 Å². The van der Waals surface area contributed by atoms with Gasteiger partial charge in [0.15, 0.2) is 0 Å². The first-order valence-corrected chi connectivity index (χ1v) is 8.64. The first kappa shape index (κ1) is 19.3. The number of carbonyl (C=O) groups is 2. The maximum Gasteiger partial charge on any atom is 0.341 e. The number of nitrogens with zero attached hydrogens (tertiary/aromatic N) is 1. The van der Waals surface area contributed by atoms with Crippen LogP contribution in [0, 0.1) is 31.0 Å². The smallest absolute Gasteiger partial charge is 0.341 e. The molecule has 5 nitrogen and oxygen atoms in total. The summed E-state index contributed by atoms with van der Waals surface area (Å²) in [5.41, 5.74) is 1.38. The number of halogens is 1. The van der Waals surface area contributed by atoms with E-state index in [1.807, 2.05) is 13.0 Å². The summed E-state index contributed by atoms with van der Waals surface area (Å²) >= 11 is 1.24. The lowest BCUT2D eigenvalue weighted by Crippen LogP contribution is -2.16. The first-order chi connectivity index (χ1) is 12.4. The molecule has 2 aromatic rings. The van der Waals surface area contributed by atoms with Crippen molar-refractivity contribution in [3.63, 3.8) is 0 Å². The summed E-state index contributed by atoms with van der Waals surface area (Å²) < 4.78 is 18.0.